The van der Waals surface area contributed by atoms with Crippen LogP contribution in [0.1, 0.15) is 45.9 Å². The van der Waals surface area contributed by atoms with Crippen LogP contribution in [0.15, 0.2) is 6.07 Å². The van der Waals surface area contributed by atoms with Gasteiger partial charge in [-0.1, -0.05) is 26.1 Å². The van der Waals surface area contributed by atoms with E-state index in [2.05, 4.69) is 29.1 Å². The molecule has 0 radical (unpaired) electrons. The monoisotopic (exact) mass is 269 g/mol. The predicted octanol–water partition coefficient (Wildman–Crippen LogP) is 3.49. The Morgan fingerprint density at radius 2 is 2.11 bits per heavy atom. The van der Waals surface area contributed by atoms with Crippen molar-refractivity contribution < 1.29 is 4.74 Å². The summed E-state index contributed by atoms with van der Waals surface area (Å²) in [6.07, 6.45) is 1.27. The summed E-state index contributed by atoms with van der Waals surface area (Å²) in [6, 6.07) is 1.85. The molecule has 1 heterocycles. The third-order valence-corrected chi connectivity index (χ3v) is 2.60. The zero-order valence-electron chi connectivity index (χ0n) is 11.6. The lowest BCUT2D eigenvalue weighted by atomic mass is 10.2. The van der Waals surface area contributed by atoms with Gasteiger partial charge in [0.05, 0.1) is 6.10 Å². The topological polar surface area (TPSA) is 49.9 Å². The molecule has 1 rings (SSSR count). The van der Waals surface area contributed by atoms with Crippen LogP contribution in [0.3, 0.4) is 0 Å². The second kappa shape index (κ2) is 7.48. The average molecular weight is 269 g/mol. The van der Waals surface area contributed by atoms with Gasteiger partial charge in [0, 0.05) is 25.1 Å². The summed E-state index contributed by atoms with van der Waals surface area (Å²) >= 11 is 5.15. The van der Waals surface area contributed by atoms with Crippen LogP contribution in [-0.2, 0) is 4.74 Å². The van der Waals surface area contributed by atoms with Crippen molar-refractivity contribution in [2.45, 2.75) is 46.1 Å². The highest BCUT2D eigenvalue weighted by Gasteiger charge is 2.03. The van der Waals surface area contributed by atoms with Crippen LogP contribution in [0.5, 0.6) is 0 Å². The number of nitrogens with zero attached hydrogens (tertiary/aromatic N) is 1. The smallest absolute Gasteiger partial charge is 0.131 e. The molecule has 1 aromatic heterocycles. The van der Waals surface area contributed by atoms with Crippen molar-refractivity contribution in [1.82, 2.24) is 9.97 Å². The molecule has 0 amide bonds. The van der Waals surface area contributed by atoms with E-state index in [0.29, 0.717) is 16.7 Å². The third-order valence-electron chi connectivity index (χ3n) is 2.40. The van der Waals surface area contributed by atoms with E-state index >= 15 is 0 Å². The van der Waals surface area contributed by atoms with Gasteiger partial charge in [0.2, 0.25) is 0 Å². The number of ether oxygens (including phenoxy) is 1. The zero-order valence-corrected chi connectivity index (χ0v) is 12.4. The van der Waals surface area contributed by atoms with Crippen LogP contribution < -0.4 is 5.32 Å². The van der Waals surface area contributed by atoms with Crippen molar-refractivity contribution in [3.05, 3.63) is 16.5 Å². The molecule has 0 saturated heterocycles. The Morgan fingerprint density at radius 3 is 2.72 bits per heavy atom. The first kappa shape index (κ1) is 15.1. The fraction of sp³-hybridized carbons (Fsp3) is 0.692. The highest BCUT2D eigenvalue weighted by atomic mass is 32.1. The maximum absolute atomic E-state index is 5.48. The fourth-order valence-electron chi connectivity index (χ4n) is 1.46. The number of H-pyrrole nitrogens is 1. The molecule has 0 atom stereocenters. The van der Waals surface area contributed by atoms with Crippen molar-refractivity contribution in [3.63, 3.8) is 0 Å². The largest absolute Gasteiger partial charge is 0.379 e. The van der Waals surface area contributed by atoms with Gasteiger partial charge in [-0.05, 0) is 20.3 Å². The van der Waals surface area contributed by atoms with Crippen molar-refractivity contribution in [2.75, 3.05) is 18.5 Å². The van der Waals surface area contributed by atoms with E-state index in [0.717, 1.165) is 31.2 Å². The van der Waals surface area contributed by atoms with Gasteiger partial charge in [0.15, 0.2) is 0 Å². The summed E-state index contributed by atoms with van der Waals surface area (Å²) in [5, 5.41) is 3.31. The lowest BCUT2D eigenvalue weighted by Gasteiger charge is -2.11. The number of anilines is 1. The maximum Gasteiger partial charge on any atom is 0.131 e. The molecule has 18 heavy (non-hydrogen) atoms. The number of aromatic amines is 1. The Hall–Kier alpha value is -0.940. The van der Waals surface area contributed by atoms with Gasteiger partial charge in [0.1, 0.15) is 16.3 Å². The number of aromatic nitrogens is 2. The Balaban J connectivity index is 2.45. The Bertz CT molecular complexity index is 415. The molecule has 0 bridgehead atoms. The first-order chi connectivity index (χ1) is 8.49. The third kappa shape index (κ3) is 5.60. The van der Waals surface area contributed by atoms with Crippen LogP contribution in [0.4, 0.5) is 5.82 Å². The molecule has 102 valence electrons. The molecule has 0 spiro atoms. The molecule has 0 unspecified atom stereocenters. The van der Waals surface area contributed by atoms with Crippen molar-refractivity contribution >= 4 is 18.0 Å². The van der Waals surface area contributed by atoms with E-state index in [1.165, 1.54) is 0 Å². The number of hydrogen-bond acceptors (Lipinski definition) is 4. The van der Waals surface area contributed by atoms with E-state index in [-0.39, 0.29) is 0 Å². The summed E-state index contributed by atoms with van der Waals surface area (Å²) in [6.45, 7) is 9.90. The molecule has 0 aliphatic heterocycles. The summed E-state index contributed by atoms with van der Waals surface area (Å²) < 4.78 is 6.11. The lowest BCUT2D eigenvalue weighted by molar-refractivity contribution is 0.0787. The van der Waals surface area contributed by atoms with Crippen molar-refractivity contribution in [1.29, 1.82) is 0 Å². The van der Waals surface area contributed by atoms with Crippen LogP contribution >= 0.6 is 12.2 Å². The minimum atomic E-state index is 0.296. The molecule has 0 aromatic carbocycles. The van der Waals surface area contributed by atoms with Gasteiger partial charge in [-0.3, -0.25) is 0 Å². The molecule has 5 heteroatoms. The Morgan fingerprint density at radius 1 is 1.39 bits per heavy atom. The number of rotatable bonds is 7. The Kier molecular flexibility index (Phi) is 6.29. The molecular formula is C13H23N3OS. The molecular weight excluding hydrogens is 246 g/mol. The Labute approximate surface area is 114 Å². The van der Waals surface area contributed by atoms with E-state index in [1.54, 1.807) is 0 Å². The molecule has 0 fully saturated rings. The average Bonchev–Trinajstić information content (AvgIpc) is 2.27. The quantitative estimate of drug-likeness (QED) is 0.587. The van der Waals surface area contributed by atoms with Gasteiger partial charge in [-0.2, -0.15) is 0 Å². The van der Waals surface area contributed by atoms with Gasteiger partial charge >= 0.3 is 0 Å². The van der Waals surface area contributed by atoms with Crippen LogP contribution in [0.2, 0.25) is 0 Å². The first-order valence-electron chi connectivity index (χ1n) is 6.45. The van der Waals surface area contributed by atoms with Gasteiger partial charge in [0.25, 0.3) is 0 Å². The van der Waals surface area contributed by atoms with E-state index in [9.17, 15) is 0 Å². The SMILES string of the molecule is CC(C)OCCCNc1cc(=S)nc(C(C)C)[nH]1. The maximum atomic E-state index is 5.48. The number of nitrogens with one attached hydrogen (secondary N) is 2. The predicted molar refractivity (Wildman–Crippen MR) is 77.7 cm³/mol. The summed E-state index contributed by atoms with van der Waals surface area (Å²) in [5.74, 6) is 2.20. The molecule has 1 aromatic rings. The second-order valence-corrected chi connectivity index (χ2v) is 5.29. The zero-order chi connectivity index (χ0) is 13.5. The second-order valence-electron chi connectivity index (χ2n) is 4.87. The van der Waals surface area contributed by atoms with Crippen LogP contribution in [-0.4, -0.2) is 29.2 Å². The van der Waals surface area contributed by atoms with Crippen molar-refractivity contribution in [3.8, 4) is 0 Å². The van der Waals surface area contributed by atoms with Gasteiger partial charge < -0.3 is 15.0 Å². The first-order valence-corrected chi connectivity index (χ1v) is 6.86. The summed E-state index contributed by atoms with van der Waals surface area (Å²) in [7, 11) is 0. The molecule has 4 nitrogen and oxygen atoms in total. The van der Waals surface area contributed by atoms with E-state index < -0.39 is 0 Å². The molecule has 0 saturated carbocycles. The standard InChI is InChI=1S/C13H23N3OS/c1-9(2)13-15-11(8-12(18)16-13)14-6-5-7-17-10(3)4/h8-10H,5-7H2,1-4H3,(H2,14,15,16,18). The summed E-state index contributed by atoms with van der Waals surface area (Å²) in [4.78, 5) is 7.55. The van der Waals surface area contributed by atoms with Crippen LogP contribution in [0.25, 0.3) is 0 Å². The molecule has 2 N–H and O–H groups in total. The van der Waals surface area contributed by atoms with Crippen LogP contribution in [0, 0.1) is 4.64 Å². The van der Waals surface area contributed by atoms with E-state index in [4.69, 9.17) is 17.0 Å². The van der Waals surface area contributed by atoms with Gasteiger partial charge in [-0.25, -0.2) is 4.98 Å². The lowest BCUT2D eigenvalue weighted by Crippen LogP contribution is -2.11. The minimum Gasteiger partial charge on any atom is -0.379 e. The number of hydrogen-bond donors (Lipinski definition) is 2. The summed E-state index contributed by atoms with van der Waals surface area (Å²) in [5.41, 5.74) is 0. The highest BCUT2D eigenvalue weighted by Crippen LogP contribution is 2.12. The minimum absolute atomic E-state index is 0.296. The fourth-order valence-corrected chi connectivity index (χ4v) is 1.68. The van der Waals surface area contributed by atoms with Gasteiger partial charge in [-0.15, -0.1) is 0 Å². The normalized spacial score (nSPS) is 11.2. The molecule has 0 aliphatic carbocycles. The van der Waals surface area contributed by atoms with Crippen molar-refractivity contribution in [2.24, 2.45) is 0 Å². The van der Waals surface area contributed by atoms with E-state index in [1.807, 2.05) is 19.9 Å². The molecule has 0 aliphatic rings. The highest BCUT2D eigenvalue weighted by molar-refractivity contribution is 7.71.